The molecule has 25 heavy (non-hydrogen) atoms. The first-order chi connectivity index (χ1) is 12.2. The molecule has 0 atom stereocenters. The number of hydrogen-bond acceptors (Lipinski definition) is 2. The second-order valence-electron chi connectivity index (χ2n) is 6.84. The molecule has 2 rings (SSSR count). The van der Waals surface area contributed by atoms with Gasteiger partial charge in [0.15, 0.2) is 5.82 Å². The van der Waals surface area contributed by atoms with E-state index in [1.807, 2.05) is 24.5 Å². The minimum atomic E-state index is -0.136. The lowest BCUT2D eigenvalue weighted by molar-refractivity contribution is 0.588. The van der Waals surface area contributed by atoms with Crippen LogP contribution >= 0.6 is 0 Å². The van der Waals surface area contributed by atoms with Crippen molar-refractivity contribution in [2.45, 2.75) is 78.1 Å². The molecule has 1 aromatic carbocycles. The Bertz CT molecular complexity index is 622. The lowest BCUT2D eigenvalue weighted by Crippen LogP contribution is -1.96. The zero-order valence-corrected chi connectivity index (χ0v) is 15.7. The van der Waals surface area contributed by atoms with Crippen LogP contribution in [0.25, 0.3) is 11.4 Å². The predicted molar refractivity (Wildman–Crippen MR) is 103 cm³/mol. The van der Waals surface area contributed by atoms with E-state index in [0.717, 1.165) is 36.0 Å². The highest BCUT2D eigenvalue weighted by Crippen LogP contribution is 2.20. The highest BCUT2D eigenvalue weighted by molar-refractivity contribution is 5.55. The summed E-state index contributed by atoms with van der Waals surface area (Å²) in [5, 5.41) is 0. The van der Waals surface area contributed by atoms with Gasteiger partial charge in [0, 0.05) is 18.0 Å². The molecule has 136 valence electrons. The second kappa shape index (κ2) is 11.0. The van der Waals surface area contributed by atoms with Crippen LogP contribution in [0, 0.1) is 5.82 Å². The minimum Gasteiger partial charge on any atom is -0.236 e. The number of benzene rings is 1. The Morgan fingerprint density at radius 1 is 0.800 bits per heavy atom. The second-order valence-corrected chi connectivity index (χ2v) is 6.84. The van der Waals surface area contributed by atoms with Gasteiger partial charge in [0.2, 0.25) is 0 Å². The van der Waals surface area contributed by atoms with Crippen molar-refractivity contribution in [3.63, 3.8) is 0 Å². The van der Waals surface area contributed by atoms with Crippen molar-refractivity contribution < 1.29 is 4.39 Å². The minimum absolute atomic E-state index is 0.136. The van der Waals surface area contributed by atoms with Crippen LogP contribution in [-0.2, 0) is 12.8 Å². The molecule has 0 aliphatic carbocycles. The van der Waals surface area contributed by atoms with Gasteiger partial charge in [-0.3, -0.25) is 0 Å². The summed E-state index contributed by atoms with van der Waals surface area (Å²) in [5.74, 6) is 0.469. The molecule has 0 radical (unpaired) electrons. The van der Waals surface area contributed by atoms with E-state index in [2.05, 4.69) is 23.8 Å². The number of rotatable bonds is 11. The van der Waals surface area contributed by atoms with E-state index in [1.54, 1.807) is 6.07 Å². The first kappa shape index (κ1) is 19.6. The van der Waals surface area contributed by atoms with Crippen LogP contribution in [0.15, 0.2) is 30.6 Å². The fourth-order valence-electron chi connectivity index (χ4n) is 3.02. The molecule has 0 aliphatic rings. The maximum Gasteiger partial charge on any atom is 0.159 e. The lowest BCUT2D eigenvalue weighted by atomic mass is 10.0. The van der Waals surface area contributed by atoms with Crippen LogP contribution in [0.3, 0.4) is 0 Å². The van der Waals surface area contributed by atoms with Gasteiger partial charge >= 0.3 is 0 Å². The summed E-state index contributed by atoms with van der Waals surface area (Å²) in [4.78, 5) is 8.83. The molecule has 0 N–H and O–H groups in total. The molecule has 0 saturated heterocycles. The van der Waals surface area contributed by atoms with Crippen LogP contribution in [0.5, 0.6) is 0 Å². The van der Waals surface area contributed by atoms with Crippen LogP contribution in [0.1, 0.15) is 76.3 Å². The van der Waals surface area contributed by atoms with Gasteiger partial charge in [-0.15, -0.1) is 0 Å². The molecular weight excluding hydrogens is 311 g/mol. The third-order valence-electron chi connectivity index (χ3n) is 4.64. The van der Waals surface area contributed by atoms with E-state index in [-0.39, 0.29) is 5.82 Å². The monoisotopic (exact) mass is 342 g/mol. The molecule has 0 fully saturated rings. The van der Waals surface area contributed by atoms with Crippen molar-refractivity contribution in [1.82, 2.24) is 9.97 Å². The van der Waals surface area contributed by atoms with E-state index >= 15 is 0 Å². The van der Waals surface area contributed by atoms with Gasteiger partial charge < -0.3 is 0 Å². The Balaban J connectivity index is 1.92. The summed E-state index contributed by atoms with van der Waals surface area (Å²) in [7, 11) is 0. The molecule has 0 aliphatic heterocycles. The van der Waals surface area contributed by atoms with E-state index in [1.165, 1.54) is 44.9 Å². The van der Waals surface area contributed by atoms with Crippen LogP contribution in [-0.4, -0.2) is 9.97 Å². The van der Waals surface area contributed by atoms with Gasteiger partial charge in [-0.1, -0.05) is 64.5 Å². The van der Waals surface area contributed by atoms with Crippen molar-refractivity contribution in [1.29, 1.82) is 0 Å². The molecule has 0 saturated carbocycles. The summed E-state index contributed by atoms with van der Waals surface area (Å²) >= 11 is 0. The molecule has 1 heterocycles. The third kappa shape index (κ3) is 6.56. The Hall–Kier alpha value is -1.77. The average Bonchev–Trinajstić information content (AvgIpc) is 2.63. The number of hydrogen-bond donors (Lipinski definition) is 0. The number of unbranched alkanes of at least 4 members (excludes halogenated alkanes) is 6. The molecule has 0 unspecified atom stereocenters. The molecule has 0 spiro atoms. The van der Waals surface area contributed by atoms with Crippen molar-refractivity contribution in [3.8, 4) is 11.4 Å². The van der Waals surface area contributed by atoms with E-state index in [4.69, 9.17) is 0 Å². The zero-order valence-electron chi connectivity index (χ0n) is 15.7. The van der Waals surface area contributed by atoms with Gasteiger partial charge in [0.05, 0.1) is 0 Å². The van der Waals surface area contributed by atoms with Gasteiger partial charge in [0.25, 0.3) is 0 Å². The standard InChI is InChI=1S/C22H31FN2/c1-3-5-7-8-10-12-19-13-14-20(15-21(19)23)22-24-16-18(17-25-22)11-9-6-4-2/h13-17H,3-12H2,1-2H3. The highest BCUT2D eigenvalue weighted by Gasteiger charge is 2.07. The van der Waals surface area contributed by atoms with E-state index < -0.39 is 0 Å². The average molecular weight is 343 g/mol. The van der Waals surface area contributed by atoms with Gasteiger partial charge in [-0.05, 0) is 42.9 Å². The quantitative estimate of drug-likeness (QED) is 0.434. The molecule has 0 amide bonds. The molecule has 1 aromatic heterocycles. The fourth-order valence-corrected chi connectivity index (χ4v) is 3.02. The van der Waals surface area contributed by atoms with E-state index in [0.29, 0.717) is 5.82 Å². The van der Waals surface area contributed by atoms with Crippen molar-refractivity contribution in [3.05, 3.63) is 47.5 Å². The summed E-state index contributed by atoms with van der Waals surface area (Å²) in [6.45, 7) is 4.40. The molecule has 2 aromatic rings. The number of nitrogens with zero attached hydrogens (tertiary/aromatic N) is 2. The van der Waals surface area contributed by atoms with Gasteiger partial charge in [-0.2, -0.15) is 0 Å². The fraction of sp³-hybridized carbons (Fsp3) is 0.545. The number of halogens is 1. The van der Waals surface area contributed by atoms with Crippen molar-refractivity contribution >= 4 is 0 Å². The largest absolute Gasteiger partial charge is 0.236 e. The van der Waals surface area contributed by atoms with Gasteiger partial charge in [-0.25, -0.2) is 14.4 Å². The van der Waals surface area contributed by atoms with Crippen LogP contribution in [0.4, 0.5) is 4.39 Å². The summed E-state index contributed by atoms with van der Waals surface area (Å²) in [6.07, 6.45) is 15.2. The summed E-state index contributed by atoms with van der Waals surface area (Å²) in [5.41, 5.74) is 2.71. The Kier molecular flexibility index (Phi) is 8.58. The smallest absolute Gasteiger partial charge is 0.159 e. The maximum absolute atomic E-state index is 14.3. The first-order valence-electron chi connectivity index (χ1n) is 9.84. The maximum atomic E-state index is 14.3. The SMILES string of the molecule is CCCCCCCc1ccc(-c2ncc(CCCCC)cn2)cc1F. The van der Waals surface area contributed by atoms with Crippen molar-refractivity contribution in [2.24, 2.45) is 0 Å². The Morgan fingerprint density at radius 2 is 1.44 bits per heavy atom. The zero-order chi connectivity index (χ0) is 17.9. The molecular formula is C22H31FN2. The molecule has 2 nitrogen and oxygen atoms in total. The highest BCUT2D eigenvalue weighted by atomic mass is 19.1. The van der Waals surface area contributed by atoms with Crippen LogP contribution < -0.4 is 0 Å². The molecule has 0 bridgehead atoms. The molecule has 3 heteroatoms. The normalized spacial score (nSPS) is 11.0. The van der Waals surface area contributed by atoms with Gasteiger partial charge in [0.1, 0.15) is 5.82 Å². The van der Waals surface area contributed by atoms with E-state index in [9.17, 15) is 4.39 Å². The summed E-state index contributed by atoms with van der Waals surface area (Å²) < 4.78 is 14.3. The Labute approximate surface area is 151 Å². The predicted octanol–water partition coefficient (Wildman–Crippen LogP) is 6.53. The number of aryl methyl sites for hydroxylation is 2. The van der Waals surface area contributed by atoms with Crippen LogP contribution in [0.2, 0.25) is 0 Å². The Morgan fingerprint density at radius 3 is 2.12 bits per heavy atom. The lowest BCUT2D eigenvalue weighted by Gasteiger charge is -2.07. The first-order valence-corrected chi connectivity index (χ1v) is 9.84. The van der Waals surface area contributed by atoms with Crippen molar-refractivity contribution in [2.75, 3.05) is 0 Å². The summed E-state index contributed by atoms with van der Waals surface area (Å²) in [6, 6.07) is 5.41. The third-order valence-corrected chi connectivity index (χ3v) is 4.64. The topological polar surface area (TPSA) is 25.8 Å². The number of aromatic nitrogens is 2.